The third-order valence-electron chi connectivity index (χ3n) is 11.8. The molecule has 2 unspecified atom stereocenters. The van der Waals surface area contributed by atoms with Crippen LogP contribution in [0.25, 0.3) is 10.8 Å². The molecule has 1 aliphatic carbocycles. The molecule has 8 aromatic rings. The van der Waals surface area contributed by atoms with Crippen molar-refractivity contribution in [1.82, 2.24) is 0 Å². The minimum Gasteiger partial charge on any atom is -0.406 e. The molecule has 3 nitrogen and oxygen atoms in total. The first-order valence-corrected chi connectivity index (χ1v) is 20.4. The molecule has 2 N–H and O–H groups in total. The molecule has 0 saturated heterocycles. The minimum absolute atomic E-state index is 0.239. The lowest BCUT2D eigenvalue weighted by molar-refractivity contribution is -0.274. The van der Waals surface area contributed by atoms with Crippen molar-refractivity contribution in [1.29, 1.82) is 0 Å². The molecule has 0 heterocycles. The number of hydrogen-bond donors (Lipinski definition) is 2. The highest BCUT2D eigenvalue weighted by Gasteiger charge is 2.39. The van der Waals surface area contributed by atoms with Crippen LogP contribution in [0.4, 0.5) is 24.5 Å². The predicted molar refractivity (Wildman–Crippen MR) is 238 cm³/mol. The van der Waals surface area contributed by atoms with Crippen LogP contribution in [-0.2, 0) is 0 Å². The van der Waals surface area contributed by atoms with Gasteiger partial charge in [0.25, 0.3) is 0 Å². The average Bonchev–Trinajstić information content (AvgIpc) is 3.54. The van der Waals surface area contributed by atoms with Crippen molar-refractivity contribution in [2.75, 3.05) is 10.6 Å². The maximum atomic E-state index is 14.5. The Balaban J connectivity index is 1.35. The minimum atomic E-state index is -4.92. The molecule has 60 heavy (non-hydrogen) atoms. The van der Waals surface area contributed by atoms with Crippen LogP contribution in [0.1, 0.15) is 85.1 Å². The van der Waals surface area contributed by atoms with Crippen molar-refractivity contribution in [3.63, 3.8) is 0 Å². The van der Waals surface area contributed by atoms with Crippen LogP contribution < -0.4 is 15.4 Å². The maximum absolute atomic E-state index is 14.5. The number of nitrogens with one attached hydrogen (secondary N) is 2. The number of aryl methyl sites for hydroxylation is 3. The molecule has 6 heteroatoms. The number of benzene rings is 8. The van der Waals surface area contributed by atoms with Crippen molar-refractivity contribution in [2.45, 2.75) is 51.1 Å². The topological polar surface area (TPSA) is 33.3 Å². The van der Waals surface area contributed by atoms with Gasteiger partial charge in [-0.3, -0.25) is 0 Å². The summed E-state index contributed by atoms with van der Waals surface area (Å²) in [6, 6.07) is 59.9. The van der Waals surface area contributed by atoms with Gasteiger partial charge in [-0.2, -0.15) is 0 Å². The molecule has 0 amide bonds. The first kappa shape index (κ1) is 38.7. The fraction of sp³-hybridized carbons (Fsp3) is 0.148. The fourth-order valence-electron chi connectivity index (χ4n) is 9.48. The Bertz CT molecular complexity index is 2560. The Morgan fingerprint density at radius 2 is 0.850 bits per heavy atom. The van der Waals surface area contributed by atoms with Gasteiger partial charge in [0.05, 0.1) is 12.1 Å². The van der Waals surface area contributed by atoms with E-state index in [-0.39, 0.29) is 17.8 Å². The lowest BCUT2D eigenvalue weighted by Gasteiger charge is -2.33. The Morgan fingerprint density at radius 1 is 0.467 bits per heavy atom. The summed E-state index contributed by atoms with van der Waals surface area (Å²) in [5.74, 6) is -1.21. The molecule has 298 valence electrons. The zero-order chi connectivity index (χ0) is 41.4. The average molecular weight is 795 g/mol. The predicted octanol–water partition coefficient (Wildman–Crippen LogP) is 14.3. The summed E-state index contributed by atoms with van der Waals surface area (Å²) >= 11 is 0. The SMILES string of the molecule is Cc1cc(C)c(NC2c3cccc4cccc(c34)C2Nc2c(C(c3ccccc3)c3ccccc3)cc(OC(F)(F)F)cc2C(c2ccccc2)c2ccccc2)c(C)c1. The number of hydrogen-bond acceptors (Lipinski definition) is 3. The van der Waals surface area contributed by atoms with E-state index in [1.807, 2.05) is 121 Å². The fourth-order valence-corrected chi connectivity index (χ4v) is 9.48. The number of halogens is 3. The highest BCUT2D eigenvalue weighted by molar-refractivity contribution is 5.93. The van der Waals surface area contributed by atoms with Gasteiger partial charge in [0, 0.05) is 23.2 Å². The van der Waals surface area contributed by atoms with E-state index in [1.54, 1.807) is 12.1 Å². The van der Waals surface area contributed by atoms with Gasteiger partial charge in [0.2, 0.25) is 0 Å². The van der Waals surface area contributed by atoms with Crippen LogP contribution in [0.3, 0.4) is 0 Å². The molecule has 0 aromatic heterocycles. The van der Waals surface area contributed by atoms with Crippen molar-refractivity contribution in [3.8, 4) is 5.75 Å². The van der Waals surface area contributed by atoms with E-state index in [0.717, 1.165) is 61.3 Å². The molecule has 0 aliphatic heterocycles. The Kier molecular flexibility index (Phi) is 10.4. The van der Waals surface area contributed by atoms with E-state index in [2.05, 4.69) is 79.9 Å². The van der Waals surface area contributed by atoms with Gasteiger partial charge in [0.1, 0.15) is 5.75 Å². The second-order valence-electron chi connectivity index (χ2n) is 15.8. The second kappa shape index (κ2) is 16.1. The molecular weight excluding hydrogens is 750 g/mol. The van der Waals surface area contributed by atoms with Gasteiger partial charge in [-0.05, 0) is 99.3 Å². The quantitative estimate of drug-likeness (QED) is 0.128. The van der Waals surface area contributed by atoms with Gasteiger partial charge in [-0.1, -0.05) is 175 Å². The van der Waals surface area contributed by atoms with Crippen LogP contribution in [0.2, 0.25) is 0 Å². The molecule has 0 fully saturated rings. The van der Waals surface area contributed by atoms with Crippen molar-refractivity contribution < 1.29 is 17.9 Å². The Hall–Kier alpha value is -6.79. The van der Waals surface area contributed by atoms with E-state index >= 15 is 0 Å². The second-order valence-corrected chi connectivity index (χ2v) is 15.8. The van der Waals surface area contributed by atoms with Gasteiger partial charge >= 0.3 is 6.36 Å². The molecule has 2 atom stereocenters. The summed E-state index contributed by atoms with van der Waals surface area (Å²) in [5.41, 5.74) is 12.7. The highest BCUT2D eigenvalue weighted by atomic mass is 19.4. The molecular formula is C54H45F3N2O. The standard InChI is InChI=1S/C54H45F3N2O/c1-34-30-35(2)50(36(3)31-34)58-52-43-28-16-26-41-27-17-29-44(49(41)43)53(52)59-51-45(47(37-18-8-4-9-19-37)38-20-10-5-11-21-38)32-42(60-54(55,56)57)33-46(51)48(39-22-12-6-13-23-39)40-24-14-7-15-25-40/h4-33,47-48,52-53,58-59H,1-3H3. The molecule has 9 rings (SSSR count). The van der Waals surface area contributed by atoms with E-state index < -0.39 is 18.2 Å². The molecule has 0 bridgehead atoms. The normalized spacial score (nSPS) is 14.8. The molecule has 0 saturated carbocycles. The zero-order valence-electron chi connectivity index (χ0n) is 33.7. The maximum Gasteiger partial charge on any atom is 0.573 e. The lowest BCUT2D eigenvalue weighted by Crippen LogP contribution is -2.25. The van der Waals surface area contributed by atoms with E-state index in [0.29, 0.717) is 11.1 Å². The first-order chi connectivity index (χ1) is 29.1. The lowest BCUT2D eigenvalue weighted by atomic mass is 9.78. The summed E-state index contributed by atoms with van der Waals surface area (Å²) in [7, 11) is 0. The van der Waals surface area contributed by atoms with Gasteiger partial charge < -0.3 is 15.4 Å². The van der Waals surface area contributed by atoms with E-state index in [9.17, 15) is 13.2 Å². The Morgan fingerprint density at radius 3 is 1.23 bits per heavy atom. The molecule has 0 spiro atoms. The zero-order valence-corrected chi connectivity index (χ0v) is 33.7. The number of anilines is 2. The van der Waals surface area contributed by atoms with Crippen molar-refractivity contribution >= 4 is 22.1 Å². The van der Waals surface area contributed by atoms with Gasteiger partial charge in [-0.25, -0.2) is 0 Å². The Labute approximate surface area is 349 Å². The number of alkyl halides is 3. The number of ether oxygens (including phenoxy) is 1. The monoisotopic (exact) mass is 794 g/mol. The van der Waals surface area contributed by atoms with Crippen LogP contribution in [0.5, 0.6) is 5.75 Å². The van der Waals surface area contributed by atoms with Crippen LogP contribution in [0.15, 0.2) is 182 Å². The van der Waals surface area contributed by atoms with Gasteiger partial charge in [0.15, 0.2) is 0 Å². The van der Waals surface area contributed by atoms with Crippen LogP contribution in [0, 0.1) is 20.8 Å². The summed E-state index contributed by atoms with van der Waals surface area (Å²) in [5, 5.41) is 10.4. The summed E-state index contributed by atoms with van der Waals surface area (Å²) in [6.07, 6.45) is -4.92. The first-order valence-electron chi connectivity index (χ1n) is 20.4. The highest BCUT2D eigenvalue weighted by Crippen LogP contribution is 2.52. The van der Waals surface area contributed by atoms with Crippen molar-refractivity contribution in [2.24, 2.45) is 0 Å². The third kappa shape index (κ3) is 7.61. The van der Waals surface area contributed by atoms with Crippen LogP contribution >= 0.6 is 0 Å². The van der Waals surface area contributed by atoms with Gasteiger partial charge in [-0.15, -0.1) is 13.2 Å². The summed E-state index contributed by atoms with van der Waals surface area (Å²) in [4.78, 5) is 0. The summed E-state index contributed by atoms with van der Waals surface area (Å²) < 4.78 is 48.5. The molecule has 1 aliphatic rings. The van der Waals surface area contributed by atoms with E-state index in [1.165, 1.54) is 10.9 Å². The summed E-state index contributed by atoms with van der Waals surface area (Å²) in [6.45, 7) is 6.39. The largest absolute Gasteiger partial charge is 0.573 e. The third-order valence-corrected chi connectivity index (χ3v) is 11.8. The molecule has 8 aromatic carbocycles. The number of rotatable bonds is 11. The van der Waals surface area contributed by atoms with Crippen molar-refractivity contribution in [3.05, 3.63) is 243 Å². The smallest absolute Gasteiger partial charge is 0.406 e. The van der Waals surface area contributed by atoms with Crippen LogP contribution in [-0.4, -0.2) is 6.36 Å². The van der Waals surface area contributed by atoms with E-state index in [4.69, 9.17) is 4.74 Å². The molecule has 0 radical (unpaired) electrons.